The molecule has 0 spiro atoms. The fourth-order valence-corrected chi connectivity index (χ4v) is 16.4. The first-order chi connectivity index (χ1) is 48.5. The lowest BCUT2D eigenvalue weighted by molar-refractivity contribution is -0.159. The van der Waals surface area contributed by atoms with Gasteiger partial charge in [-0.1, -0.05) is 60.7 Å². The van der Waals surface area contributed by atoms with Crippen LogP contribution in [-0.4, -0.2) is 136 Å². The molecule has 0 aromatic heterocycles. The van der Waals surface area contributed by atoms with Gasteiger partial charge in [0.2, 0.25) is 35.4 Å². The summed E-state index contributed by atoms with van der Waals surface area (Å²) in [4.78, 5) is 85.5. The summed E-state index contributed by atoms with van der Waals surface area (Å²) in [6, 6.07) is 22.0. The Bertz CT molecular complexity index is 3770. The van der Waals surface area contributed by atoms with Gasteiger partial charge < -0.3 is 52.2 Å². The predicted octanol–water partition coefficient (Wildman–Crippen LogP) is 10.6. The van der Waals surface area contributed by atoms with E-state index < -0.39 is 81.3 Å². The third-order valence-electron chi connectivity index (χ3n) is 22.2. The molecule has 102 heavy (non-hydrogen) atoms. The van der Waals surface area contributed by atoms with Crippen molar-refractivity contribution in [1.29, 1.82) is 0 Å². The molecule has 3 unspecified atom stereocenters. The number of nitrogens with two attached hydrogens (primary N) is 3. The summed E-state index contributed by atoms with van der Waals surface area (Å²) in [6.07, 6.45) is 9.61. The summed E-state index contributed by atoms with van der Waals surface area (Å²) in [7, 11) is 0. The van der Waals surface area contributed by atoms with Gasteiger partial charge in [0, 0.05) is 112 Å². The van der Waals surface area contributed by atoms with E-state index in [1.807, 2.05) is 75.4 Å². The summed E-state index contributed by atoms with van der Waals surface area (Å²) in [5.41, 5.74) is 18.9. The molecule has 6 amide bonds. The Morgan fingerprint density at radius 2 is 0.755 bits per heavy atom. The fourth-order valence-electron chi connectivity index (χ4n) is 16.4. The second-order valence-corrected chi connectivity index (χ2v) is 29.8. The van der Waals surface area contributed by atoms with Crippen LogP contribution < -0.4 is 27.8 Å². The van der Waals surface area contributed by atoms with Gasteiger partial charge in [0.05, 0.1) is 13.2 Å². The standard InChI is InChI=1S/C27H32F3N3O2.C26H30F3N3O2.C24H32F3N3O3/c1-27(2,25(34)32-15-16-6-4-3-5-7-16)26(35)33-19-8-9-20(33)11-18(10-19)24(31)13-17-12-22(29)23(30)14-21(17)28;27-21-14-23(29)22(28)12-17(21)13-24(30)18-10-19-6-7-20(11-18)32(19)26(34)9-8-25(33)31-15-16-4-2-1-3-5-16;1-24(2,22(31)29-5-7-33-8-6-29)23(32)30-16-3-4-17(30)10-15(9-16)21(28)12-14-11-19(26)20(27)13-18(14)25/h3-7,12,14,18-20,24H,8-11,13,15,31H2,1-2H3,(H,32,34);1-5,12,14,18-20,24H,6-11,13,15,30H2,(H,31,33);11,13,15-17,21H,3-10,12,28H2,1-2H3/t2*18?,19-,20+,24-;15?,16-,17+,21-/m111/s1. The van der Waals surface area contributed by atoms with Crippen molar-refractivity contribution in [2.45, 2.75) is 204 Å². The van der Waals surface area contributed by atoms with Gasteiger partial charge in [-0.25, -0.2) is 39.5 Å². The number of piperidine rings is 3. The van der Waals surface area contributed by atoms with Gasteiger partial charge in [0.15, 0.2) is 34.9 Å². The Morgan fingerprint density at radius 1 is 0.431 bits per heavy atom. The molecule has 7 heterocycles. The summed E-state index contributed by atoms with van der Waals surface area (Å²) in [5.74, 6) is -10.3. The molecule has 16 nitrogen and oxygen atoms in total. The molecule has 0 saturated carbocycles. The van der Waals surface area contributed by atoms with E-state index in [4.69, 9.17) is 21.9 Å². The van der Waals surface area contributed by atoms with Crippen LogP contribution in [0.1, 0.15) is 145 Å². The minimum Gasteiger partial charge on any atom is -0.378 e. The summed E-state index contributed by atoms with van der Waals surface area (Å²) >= 11 is 0. The van der Waals surface area contributed by atoms with Crippen molar-refractivity contribution in [1.82, 2.24) is 30.2 Å². The monoisotopic (exact) mass is 1430 g/mol. The lowest BCUT2D eigenvalue weighted by atomic mass is 9.80. The topological polar surface area (TPSA) is 227 Å². The van der Waals surface area contributed by atoms with Crippen LogP contribution in [0.25, 0.3) is 0 Å². The average Bonchev–Trinajstić information content (AvgIpc) is 1.58. The van der Waals surface area contributed by atoms with Crippen LogP contribution in [0.2, 0.25) is 0 Å². The van der Waals surface area contributed by atoms with Crippen molar-refractivity contribution < 1.29 is 73.0 Å². The van der Waals surface area contributed by atoms with Gasteiger partial charge in [-0.15, -0.1) is 0 Å². The van der Waals surface area contributed by atoms with Crippen LogP contribution in [0, 0.1) is 80.9 Å². The molecule has 6 bridgehead atoms. The number of benzene rings is 5. The van der Waals surface area contributed by atoms with Crippen molar-refractivity contribution >= 4 is 35.4 Å². The second-order valence-electron chi connectivity index (χ2n) is 29.8. The van der Waals surface area contributed by atoms with Crippen LogP contribution in [0.4, 0.5) is 39.5 Å². The van der Waals surface area contributed by atoms with Gasteiger partial charge in [-0.05, 0) is 188 Å². The number of nitrogens with zero attached hydrogens (tertiary/aromatic N) is 4. The summed E-state index contributed by atoms with van der Waals surface area (Å²) in [6.45, 7) is 9.39. The highest BCUT2D eigenvalue weighted by molar-refractivity contribution is 6.05. The normalized spacial score (nSPS) is 23.8. The highest BCUT2D eigenvalue weighted by atomic mass is 19.2. The molecule has 552 valence electrons. The van der Waals surface area contributed by atoms with Gasteiger partial charge in [0.1, 0.15) is 28.3 Å². The van der Waals surface area contributed by atoms with E-state index >= 15 is 0 Å². The quantitative estimate of drug-likeness (QED) is 0.0281. The first-order valence-electron chi connectivity index (χ1n) is 35.6. The summed E-state index contributed by atoms with van der Waals surface area (Å²) < 4.78 is 128. The minimum atomic E-state index is -1.22. The minimum absolute atomic E-state index is 0.0130. The zero-order chi connectivity index (χ0) is 73.5. The number of nitrogens with one attached hydrogen (secondary N) is 2. The highest BCUT2D eigenvalue weighted by Crippen LogP contribution is 2.45. The van der Waals surface area contributed by atoms with E-state index in [0.717, 1.165) is 67.9 Å². The maximum absolute atomic E-state index is 14.1. The van der Waals surface area contributed by atoms with E-state index in [0.29, 0.717) is 96.1 Å². The van der Waals surface area contributed by atoms with Gasteiger partial charge >= 0.3 is 0 Å². The van der Waals surface area contributed by atoms with Gasteiger partial charge in [-0.2, -0.15) is 0 Å². The number of rotatable bonds is 20. The Kier molecular flexibility index (Phi) is 25.0. The molecule has 5 aromatic rings. The molecular weight excluding hydrogens is 1330 g/mol. The molecule has 0 radical (unpaired) electrons. The number of carbonyl (C=O) groups is 6. The maximum atomic E-state index is 14.1. The fraction of sp³-hybridized carbons (Fsp3) is 0.532. The zero-order valence-electron chi connectivity index (χ0n) is 58.2. The third kappa shape index (κ3) is 18.0. The zero-order valence-corrected chi connectivity index (χ0v) is 58.2. The van der Waals surface area contributed by atoms with Crippen molar-refractivity contribution in [3.63, 3.8) is 0 Å². The van der Waals surface area contributed by atoms with E-state index in [9.17, 15) is 68.3 Å². The van der Waals surface area contributed by atoms with Crippen LogP contribution in [-0.2, 0) is 65.9 Å². The first-order valence-corrected chi connectivity index (χ1v) is 35.6. The van der Waals surface area contributed by atoms with Crippen LogP contribution in [0.15, 0.2) is 97.1 Å². The van der Waals surface area contributed by atoms with Gasteiger partial charge in [-0.3, -0.25) is 28.8 Å². The van der Waals surface area contributed by atoms with Gasteiger partial charge in [0.25, 0.3) is 0 Å². The third-order valence-corrected chi connectivity index (χ3v) is 22.2. The Labute approximate surface area is 590 Å². The molecule has 12 atom stereocenters. The summed E-state index contributed by atoms with van der Waals surface area (Å²) in [5, 5.41) is 5.72. The largest absolute Gasteiger partial charge is 0.378 e. The Balaban J connectivity index is 0.000000165. The van der Waals surface area contributed by atoms with E-state index in [1.54, 1.807) is 32.6 Å². The maximum Gasteiger partial charge on any atom is 0.238 e. The van der Waals surface area contributed by atoms with Crippen molar-refractivity contribution in [2.24, 2.45) is 45.8 Å². The molecule has 12 rings (SSSR count). The van der Waals surface area contributed by atoms with Crippen LogP contribution in [0.3, 0.4) is 0 Å². The van der Waals surface area contributed by atoms with Crippen molar-refractivity contribution in [3.8, 4) is 0 Å². The SMILES string of the molecule is CC(C)(C(=O)N1CCOCC1)C(=O)N1[C@@H]2CC[C@H]1CC([C@H](N)Cc1cc(F)c(F)cc1F)C2.CC(C)(C(=O)NCc1ccccc1)C(=O)N1[C@@H]2CC[C@H]1CC([C@H](N)Cc1cc(F)c(F)cc1F)C2.N[C@H](Cc1cc(F)c(F)cc1F)C1C[C@H]2CC[C@@H](C1)N2C(=O)CCC(=O)NCc1ccccc1. The molecule has 5 aromatic carbocycles. The Hall–Kier alpha value is -7.87. The number of ether oxygens (including phenoxy) is 1. The number of hydrogen-bond acceptors (Lipinski definition) is 10. The van der Waals surface area contributed by atoms with E-state index in [-0.39, 0.29) is 138 Å². The van der Waals surface area contributed by atoms with Crippen molar-refractivity contribution in [3.05, 3.63) is 177 Å². The lowest BCUT2D eigenvalue weighted by Gasteiger charge is -2.44. The highest BCUT2D eigenvalue weighted by Gasteiger charge is 2.53. The molecule has 25 heteroatoms. The average molecular weight is 1430 g/mol. The number of fused-ring (bicyclic) bond motifs is 6. The molecule has 0 aliphatic carbocycles. The second kappa shape index (κ2) is 33.3. The predicted molar refractivity (Wildman–Crippen MR) is 364 cm³/mol. The smallest absolute Gasteiger partial charge is 0.238 e. The molecule has 7 saturated heterocycles. The van der Waals surface area contributed by atoms with E-state index in [2.05, 4.69) is 10.6 Å². The molecule has 7 aliphatic heterocycles. The van der Waals surface area contributed by atoms with Crippen LogP contribution in [0.5, 0.6) is 0 Å². The number of morpholine rings is 1. The molecule has 8 N–H and O–H groups in total. The van der Waals surface area contributed by atoms with Crippen LogP contribution >= 0.6 is 0 Å². The van der Waals surface area contributed by atoms with E-state index in [1.165, 1.54) is 0 Å². The molecule has 7 aliphatic rings. The van der Waals surface area contributed by atoms with Crippen molar-refractivity contribution in [2.75, 3.05) is 26.3 Å². The number of hydrogen-bond donors (Lipinski definition) is 5. The number of amides is 6. The number of carbonyl (C=O) groups excluding carboxylic acids is 6. The molecular formula is C77H94F9N9O7. The lowest BCUT2D eigenvalue weighted by Crippen LogP contribution is -2.58. The molecule has 7 fully saturated rings. The number of halogens is 9. The first kappa shape index (κ1) is 76.8. The Morgan fingerprint density at radius 3 is 1.12 bits per heavy atom.